The van der Waals surface area contributed by atoms with E-state index >= 15 is 0 Å². The van der Waals surface area contributed by atoms with E-state index in [4.69, 9.17) is 8.83 Å². The SMILES string of the molecule is c1ccc2c(c1)-c1cc(N(c3ccc(-c4cccc5c4oc4ccccc45)cc3)c3ccc4c(c3)oc3ccccc34)ccc1C21CCC2CC3CC1C3C2. The lowest BCUT2D eigenvalue weighted by Gasteiger charge is -2.52. The van der Waals surface area contributed by atoms with Crippen molar-refractivity contribution in [2.24, 2.45) is 23.7 Å². The van der Waals surface area contributed by atoms with Crippen molar-refractivity contribution in [2.75, 3.05) is 4.90 Å². The molecule has 4 aliphatic carbocycles. The maximum absolute atomic E-state index is 6.47. The number of furan rings is 2. The van der Waals surface area contributed by atoms with Crippen LogP contribution in [0.3, 0.4) is 0 Å². The Labute approximate surface area is 319 Å². The molecule has 9 aromatic rings. The normalized spacial score (nSPS) is 23.3. The highest BCUT2D eigenvalue weighted by Gasteiger charge is 2.61. The first-order valence-electron chi connectivity index (χ1n) is 20.2. The van der Waals surface area contributed by atoms with Crippen molar-refractivity contribution in [1.29, 1.82) is 0 Å². The summed E-state index contributed by atoms with van der Waals surface area (Å²) in [5.41, 5.74) is 15.4. The van der Waals surface area contributed by atoms with Crippen molar-refractivity contribution >= 4 is 60.9 Å². The van der Waals surface area contributed by atoms with Gasteiger partial charge in [-0.3, -0.25) is 0 Å². The fraction of sp³-hybridized carbons (Fsp3) is 0.192. The van der Waals surface area contributed by atoms with E-state index in [0.29, 0.717) is 0 Å². The molecule has 0 radical (unpaired) electrons. The zero-order valence-electron chi connectivity index (χ0n) is 30.5. The molecule has 13 rings (SSSR count). The summed E-state index contributed by atoms with van der Waals surface area (Å²) in [5, 5.41) is 4.58. The number of hydrogen-bond donors (Lipinski definition) is 0. The van der Waals surface area contributed by atoms with Gasteiger partial charge in [0.15, 0.2) is 0 Å². The highest BCUT2D eigenvalue weighted by molar-refractivity contribution is 6.10. The van der Waals surface area contributed by atoms with Crippen LogP contribution in [-0.4, -0.2) is 0 Å². The highest BCUT2D eigenvalue weighted by atomic mass is 16.3. The number of hydrogen-bond acceptors (Lipinski definition) is 3. The molecule has 264 valence electrons. The number of para-hydroxylation sites is 3. The van der Waals surface area contributed by atoms with Gasteiger partial charge in [0.05, 0.1) is 0 Å². The molecule has 2 bridgehead atoms. The molecule has 3 fully saturated rings. The second-order valence-electron chi connectivity index (χ2n) is 16.8. The summed E-state index contributed by atoms with van der Waals surface area (Å²) < 4.78 is 12.9. The number of rotatable bonds is 4. The molecule has 7 aromatic carbocycles. The van der Waals surface area contributed by atoms with Crippen LogP contribution in [0.4, 0.5) is 17.1 Å². The molecule has 1 spiro atoms. The van der Waals surface area contributed by atoms with Gasteiger partial charge in [-0.15, -0.1) is 0 Å². The van der Waals surface area contributed by atoms with Gasteiger partial charge in [-0.05, 0) is 132 Å². The first kappa shape index (κ1) is 30.3. The Morgan fingerprint density at radius 3 is 2.05 bits per heavy atom. The summed E-state index contributed by atoms with van der Waals surface area (Å²) in [4.78, 5) is 2.42. The van der Waals surface area contributed by atoms with E-state index in [0.717, 1.165) is 95.7 Å². The van der Waals surface area contributed by atoms with Gasteiger partial charge in [0.1, 0.15) is 22.3 Å². The molecule has 5 unspecified atom stereocenters. The number of benzene rings is 7. The monoisotopic (exact) mass is 709 g/mol. The third kappa shape index (κ3) is 4.11. The number of anilines is 3. The Hall–Kier alpha value is -6.06. The predicted molar refractivity (Wildman–Crippen MR) is 224 cm³/mol. The molecule has 0 aliphatic heterocycles. The summed E-state index contributed by atoms with van der Waals surface area (Å²) in [6.45, 7) is 0. The summed E-state index contributed by atoms with van der Waals surface area (Å²) >= 11 is 0. The molecular weight excluding hydrogens is 671 g/mol. The zero-order valence-corrected chi connectivity index (χ0v) is 30.5. The quantitative estimate of drug-likeness (QED) is 0.182. The Balaban J connectivity index is 0.977. The van der Waals surface area contributed by atoms with Gasteiger partial charge >= 0.3 is 0 Å². The van der Waals surface area contributed by atoms with E-state index in [9.17, 15) is 0 Å². The number of fused-ring (bicyclic) bond motifs is 13. The Kier molecular flexibility index (Phi) is 6.06. The van der Waals surface area contributed by atoms with Crippen LogP contribution in [0.1, 0.15) is 43.2 Å². The van der Waals surface area contributed by atoms with Crippen LogP contribution >= 0.6 is 0 Å². The topological polar surface area (TPSA) is 29.5 Å². The maximum Gasteiger partial charge on any atom is 0.143 e. The van der Waals surface area contributed by atoms with Crippen LogP contribution in [0.25, 0.3) is 66.1 Å². The van der Waals surface area contributed by atoms with Crippen LogP contribution in [0, 0.1) is 23.7 Å². The van der Waals surface area contributed by atoms with Crippen molar-refractivity contribution in [3.63, 3.8) is 0 Å². The molecule has 5 atom stereocenters. The fourth-order valence-corrected chi connectivity index (χ4v) is 12.0. The van der Waals surface area contributed by atoms with Gasteiger partial charge in [-0.1, -0.05) is 97.1 Å². The maximum atomic E-state index is 6.47. The van der Waals surface area contributed by atoms with E-state index in [-0.39, 0.29) is 5.41 Å². The summed E-state index contributed by atoms with van der Waals surface area (Å²) in [5.74, 6) is 3.52. The van der Waals surface area contributed by atoms with Gasteiger partial charge in [0, 0.05) is 55.7 Å². The lowest BCUT2D eigenvalue weighted by atomic mass is 9.51. The zero-order chi connectivity index (χ0) is 35.8. The molecule has 0 N–H and O–H groups in total. The smallest absolute Gasteiger partial charge is 0.143 e. The fourth-order valence-electron chi connectivity index (χ4n) is 12.0. The predicted octanol–water partition coefficient (Wildman–Crippen LogP) is 14.3. The molecule has 55 heavy (non-hydrogen) atoms. The summed E-state index contributed by atoms with van der Waals surface area (Å²) in [6.07, 6.45) is 6.96. The molecule has 3 heteroatoms. The van der Waals surface area contributed by atoms with Crippen molar-refractivity contribution < 1.29 is 8.83 Å². The summed E-state index contributed by atoms with van der Waals surface area (Å²) in [7, 11) is 0. The Morgan fingerprint density at radius 2 is 1.16 bits per heavy atom. The van der Waals surface area contributed by atoms with Crippen LogP contribution < -0.4 is 4.90 Å². The van der Waals surface area contributed by atoms with Crippen molar-refractivity contribution in [3.05, 3.63) is 163 Å². The van der Waals surface area contributed by atoms with E-state index < -0.39 is 0 Å². The minimum Gasteiger partial charge on any atom is -0.456 e. The second kappa shape index (κ2) is 11.0. The van der Waals surface area contributed by atoms with Gasteiger partial charge in [-0.25, -0.2) is 0 Å². The van der Waals surface area contributed by atoms with E-state index in [1.165, 1.54) is 43.2 Å². The van der Waals surface area contributed by atoms with E-state index in [1.807, 2.05) is 12.1 Å². The van der Waals surface area contributed by atoms with Crippen LogP contribution in [0.5, 0.6) is 0 Å². The summed E-state index contributed by atoms with van der Waals surface area (Å²) in [6, 6.07) is 55.7. The lowest BCUT2D eigenvalue weighted by Crippen LogP contribution is -2.47. The van der Waals surface area contributed by atoms with Crippen LogP contribution in [0.2, 0.25) is 0 Å². The third-order valence-corrected chi connectivity index (χ3v) is 14.4. The lowest BCUT2D eigenvalue weighted by molar-refractivity contribution is 0.0400. The average Bonchev–Trinajstić information content (AvgIpc) is 3.93. The Morgan fingerprint density at radius 1 is 0.491 bits per heavy atom. The Bertz CT molecular complexity index is 3020. The van der Waals surface area contributed by atoms with Gasteiger partial charge in [-0.2, -0.15) is 0 Å². The van der Waals surface area contributed by atoms with Crippen molar-refractivity contribution in [1.82, 2.24) is 0 Å². The third-order valence-electron chi connectivity index (χ3n) is 14.4. The molecule has 3 nitrogen and oxygen atoms in total. The van der Waals surface area contributed by atoms with Gasteiger partial charge in [0.2, 0.25) is 0 Å². The van der Waals surface area contributed by atoms with Crippen LogP contribution in [0.15, 0.2) is 160 Å². The molecular formula is C52H39NO2. The first-order valence-corrected chi connectivity index (χ1v) is 20.2. The molecule has 2 aromatic heterocycles. The molecule has 2 heterocycles. The second-order valence-corrected chi connectivity index (χ2v) is 16.8. The average molecular weight is 710 g/mol. The van der Waals surface area contributed by atoms with Crippen molar-refractivity contribution in [2.45, 2.75) is 37.5 Å². The largest absolute Gasteiger partial charge is 0.456 e. The molecule has 0 saturated heterocycles. The minimum atomic E-state index is 0.137. The van der Waals surface area contributed by atoms with Gasteiger partial charge in [0.25, 0.3) is 0 Å². The van der Waals surface area contributed by atoms with Crippen LogP contribution in [-0.2, 0) is 5.41 Å². The molecule has 0 amide bonds. The van der Waals surface area contributed by atoms with E-state index in [2.05, 4.69) is 144 Å². The van der Waals surface area contributed by atoms with Crippen molar-refractivity contribution in [3.8, 4) is 22.3 Å². The molecule has 4 aliphatic rings. The standard InChI is InChI=1S/C52H39NO2/c1-4-13-45-38(8-1)44-29-35(21-23-46(44)52(45)25-24-31-26-33-28-47(52)43(33)27-31)53(36-20-22-41-39-9-2-5-14-48(39)54-50(41)30-36)34-18-16-32(17-19-34)37-11-7-12-42-40-10-3-6-15-49(40)55-51(37)42/h1-23,29-31,33,43,47H,24-28H2. The number of nitrogens with zero attached hydrogens (tertiary/aromatic N) is 1. The first-order chi connectivity index (χ1) is 27.2. The highest BCUT2D eigenvalue weighted by Crippen LogP contribution is 2.69. The minimum absolute atomic E-state index is 0.137. The van der Waals surface area contributed by atoms with Gasteiger partial charge < -0.3 is 13.7 Å². The molecule has 3 saturated carbocycles. The van der Waals surface area contributed by atoms with E-state index in [1.54, 1.807) is 11.1 Å².